The zero-order valence-electron chi connectivity index (χ0n) is 10.8. The van der Waals surface area contributed by atoms with Crippen molar-refractivity contribution in [3.8, 4) is 0 Å². The van der Waals surface area contributed by atoms with Gasteiger partial charge in [0.1, 0.15) is 5.82 Å². The molecular weight excluding hydrogens is 250 g/mol. The molecule has 1 aromatic rings. The molecule has 2 N–H and O–H groups in total. The first kappa shape index (κ1) is 13.3. The standard InChI is InChI=1S/C12H19N3O2S/c1-3-17-12(16)10-11(13)15(7-14-10)8-5-4-6-9(8)18-2/h7-9H,3-6,13H2,1-2H3. The predicted molar refractivity (Wildman–Crippen MR) is 72.8 cm³/mol. The normalized spacial score (nSPS) is 23.2. The number of ether oxygens (including phenoxy) is 1. The van der Waals surface area contributed by atoms with Crippen LogP contribution in [0.3, 0.4) is 0 Å². The lowest BCUT2D eigenvalue weighted by molar-refractivity contribution is 0.0521. The van der Waals surface area contributed by atoms with E-state index in [9.17, 15) is 4.79 Å². The molecule has 18 heavy (non-hydrogen) atoms. The fourth-order valence-corrected chi connectivity index (χ4v) is 3.47. The lowest BCUT2D eigenvalue weighted by Gasteiger charge is -2.20. The average molecular weight is 269 g/mol. The molecule has 1 heterocycles. The maximum Gasteiger partial charge on any atom is 0.360 e. The highest BCUT2D eigenvalue weighted by molar-refractivity contribution is 7.99. The summed E-state index contributed by atoms with van der Waals surface area (Å²) in [5, 5.41) is 0.552. The number of carbonyl (C=O) groups excluding carboxylic acids is 1. The molecule has 0 bridgehead atoms. The van der Waals surface area contributed by atoms with Crippen LogP contribution in [0.1, 0.15) is 42.7 Å². The van der Waals surface area contributed by atoms with Crippen molar-refractivity contribution in [2.45, 2.75) is 37.5 Å². The summed E-state index contributed by atoms with van der Waals surface area (Å²) < 4.78 is 6.87. The minimum atomic E-state index is -0.438. The number of nitrogens with two attached hydrogens (primary N) is 1. The molecule has 1 aliphatic rings. The number of anilines is 1. The molecule has 1 fully saturated rings. The molecule has 5 nitrogen and oxygen atoms in total. The van der Waals surface area contributed by atoms with E-state index in [-0.39, 0.29) is 5.69 Å². The summed E-state index contributed by atoms with van der Waals surface area (Å²) in [6.07, 6.45) is 7.26. The molecular formula is C12H19N3O2S. The van der Waals surface area contributed by atoms with Gasteiger partial charge in [-0.15, -0.1) is 0 Å². The van der Waals surface area contributed by atoms with Gasteiger partial charge in [-0.25, -0.2) is 9.78 Å². The number of aromatic nitrogens is 2. The van der Waals surface area contributed by atoms with E-state index in [1.165, 1.54) is 12.8 Å². The first-order valence-electron chi connectivity index (χ1n) is 6.21. The van der Waals surface area contributed by atoms with Crippen LogP contribution in [0.25, 0.3) is 0 Å². The van der Waals surface area contributed by atoms with Gasteiger partial charge in [-0.3, -0.25) is 0 Å². The number of hydrogen-bond donors (Lipinski definition) is 1. The Balaban J connectivity index is 2.22. The van der Waals surface area contributed by atoms with Crippen molar-refractivity contribution in [2.75, 3.05) is 18.6 Å². The molecule has 1 aliphatic carbocycles. The lowest BCUT2D eigenvalue weighted by Crippen LogP contribution is -2.18. The summed E-state index contributed by atoms with van der Waals surface area (Å²) in [4.78, 5) is 15.8. The van der Waals surface area contributed by atoms with Crippen LogP contribution in [-0.4, -0.2) is 33.6 Å². The lowest BCUT2D eigenvalue weighted by atomic mass is 10.2. The molecule has 2 atom stereocenters. The molecule has 2 rings (SSSR count). The number of nitrogen functional groups attached to an aromatic ring is 1. The van der Waals surface area contributed by atoms with Crippen molar-refractivity contribution in [3.63, 3.8) is 0 Å². The maximum atomic E-state index is 11.7. The second-order valence-electron chi connectivity index (χ2n) is 4.38. The fourth-order valence-electron chi connectivity index (χ4n) is 2.49. The summed E-state index contributed by atoms with van der Waals surface area (Å²) in [5.41, 5.74) is 6.26. The van der Waals surface area contributed by atoms with E-state index in [0.717, 1.165) is 6.42 Å². The van der Waals surface area contributed by atoms with Crippen molar-refractivity contribution in [2.24, 2.45) is 0 Å². The van der Waals surface area contributed by atoms with Gasteiger partial charge >= 0.3 is 5.97 Å². The summed E-state index contributed by atoms with van der Waals surface area (Å²) in [6.45, 7) is 2.10. The predicted octanol–water partition coefficient (Wildman–Crippen LogP) is 2.10. The summed E-state index contributed by atoms with van der Waals surface area (Å²) in [6, 6.07) is 0.343. The van der Waals surface area contributed by atoms with Gasteiger partial charge in [0.2, 0.25) is 0 Å². The van der Waals surface area contributed by atoms with E-state index in [1.54, 1.807) is 13.3 Å². The monoisotopic (exact) mass is 269 g/mol. The fraction of sp³-hybridized carbons (Fsp3) is 0.667. The quantitative estimate of drug-likeness (QED) is 0.848. The van der Waals surface area contributed by atoms with Gasteiger partial charge in [0, 0.05) is 11.3 Å². The highest BCUT2D eigenvalue weighted by Crippen LogP contribution is 2.38. The maximum absolute atomic E-state index is 11.7. The minimum Gasteiger partial charge on any atom is -0.461 e. The Morgan fingerprint density at radius 2 is 2.44 bits per heavy atom. The van der Waals surface area contributed by atoms with Crippen LogP contribution < -0.4 is 5.73 Å². The summed E-state index contributed by atoms with van der Waals surface area (Å²) in [7, 11) is 0. The third kappa shape index (κ3) is 2.34. The highest BCUT2D eigenvalue weighted by atomic mass is 32.2. The van der Waals surface area contributed by atoms with Crippen LogP contribution in [-0.2, 0) is 4.74 Å². The molecule has 0 aromatic carbocycles. The molecule has 1 aromatic heterocycles. The van der Waals surface area contributed by atoms with E-state index in [1.807, 2.05) is 16.3 Å². The van der Waals surface area contributed by atoms with Crippen molar-refractivity contribution >= 4 is 23.5 Å². The molecule has 0 aliphatic heterocycles. The molecule has 1 saturated carbocycles. The van der Waals surface area contributed by atoms with Gasteiger partial charge in [-0.1, -0.05) is 6.42 Å². The van der Waals surface area contributed by atoms with Crippen LogP contribution in [0.15, 0.2) is 6.33 Å². The number of esters is 1. The van der Waals surface area contributed by atoms with E-state index < -0.39 is 5.97 Å². The van der Waals surface area contributed by atoms with Crippen LogP contribution >= 0.6 is 11.8 Å². The molecule has 6 heteroatoms. The third-order valence-corrected chi connectivity index (χ3v) is 4.53. The third-order valence-electron chi connectivity index (χ3n) is 3.38. The molecule has 0 saturated heterocycles. The number of imidazole rings is 1. The van der Waals surface area contributed by atoms with Crippen LogP contribution in [0.5, 0.6) is 0 Å². The SMILES string of the molecule is CCOC(=O)c1ncn(C2CCCC2SC)c1N. The van der Waals surface area contributed by atoms with Crippen molar-refractivity contribution in [3.05, 3.63) is 12.0 Å². The Bertz CT molecular complexity index is 433. The second-order valence-corrected chi connectivity index (χ2v) is 5.46. The first-order valence-corrected chi connectivity index (χ1v) is 7.50. The van der Waals surface area contributed by atoms with Crippen molar-refractivity contribution < 1.29 is 9.53 Å². The zero-order valence-corrected chi connectivity index (χ0v) is 11.6. The second kappa shape index (κ2) is 5.65. The molecule has 0 spiro atoms. The van der Waals surface area contributed by atoms with Crippen LogP contribution in [0, 0.1) is 0 Å². The Hall–Kier alpha value is -1.17. The Kier molecular flexibility index (Phi) is 4.16. The van der Waals surface area contributed by atoms with Gasteiger partial charge in [0.25, 0.3) is 0 Å². The van der Waals surface area contributed by atoms with Gasteiger partial charge < -0.3 is 15.0 Å². The smallest absolute Gasteiger partial charge is 0.360 e. The van der Waals surface area contributed by atoms with Gasteiger partial charge in [0.05, 0.1) is 12.9 Å². The molecule has 0 amide bonds. The Morgan fingerprint density at radius 3 is 3.11 bits per heavy atom. The number of hydrogen-bond acceptors (Lipinski definition) is 5. The zero-order chi connectivity index (χ0) is 13.1. The number of carbonyl (C=O) groups is 1. The Labute approximate surface area is 111 Å². The Morgan fingerprint density at radius 1 is 1.67 bits per heavy atom. The summed E-state index contributed by atoms with van der Waals surface area (Å²) >= 11 is 1.85. The van der Waals surface area contributed by atoms with Gasteiger partial charge in [-0.05, 0) is 26.0 Å². The first-order chi connectivity index (χ1) is 8.69. The van der Waals surface area contributed by atoms with Crippen LogP contribution in [0.4, 0.5) is 5.82 Å². The van der Waals surface area contributed by atoms with E-state index in [4.69, 9.17) is 10.5 Å². The van der Waals surface area contributed by atoms with Crippen LogP contribution in [0.2, 0.25) is 0 Å². The van der Waals surface area contributed by atoms with Gasteiger partial charge in [-0.2, -0.15) is 11.8 Å². The summed E-state index contributed by atoms with van der Waals surface area (Å²) in [5.74, 6) is -0.00755. The molecule has 100 valence electrons. The largest absolute Gasteiger partial charge is 0.461 e. The van der Waals surface area contributed by atoms with Crippen molar-refractivity contribution in [1.82, 2.24) is 9.55 Å². The molecule has 2 unspecified atom stereocenters. The highest BCUT2D eigenvalue weighted by Gasteiger charge is 2.30. The number of rotatable bonds is 4. The van der Waals surface area contributed by atoms with E-state index in [2.05, 4.69) is 11.2 Å². The number of thioether (sulfide) groups is 1. The average Bonchev–Trinajstić information content (AvgIpc) is 2.94. The van der Waals surface area contributed by atoms with E-state index in [0.29, 0.717) is 23.7 Å². The van der Waals surface area contributed by atoms with E-state index >= 15 is 0 Å². The van der Waals surface area contributed by atoms with Gasteiger partial charge in [0.15, 0.2) is 5.69 Å². The minimum absolute atomic E-state index is 0.239. The van der Waals surface area contributed by atoms with Crippen molar-refractivity contribution in [1.29, 1.82) is 0 Å². The topological polar surface area (TPSA) is 70.1 Å². The number of nitrogens with zero attached hydrogens (tertiary/aromatic N) is 2. The molecule has 0 radical (unpaired) electrons.